The molecule has 0 bridgehead atoms. The van der Waals surface area contributed by atoms with E-state index in [1.807, 2.05) is 18.2 Å². The lowest BCUT2D eigenvalue weighted by Gasteiger charge is -2.29. The van der Waals surface area contributed by atoms with E-state index in [-0.39, 0.29) is 25.2 Å². The molecule has 1 aromatic rings. The van der Waals surface area contributed by atoms with Crippen LogP contribution in [0.25, 0.3) is 0 Å². The van der Waals surface area contributed by atoms with Crippen LogP contribution in [0.4, 0.5) is 0 Å². The molecular formula is C13H18ClNO4. The summed E-state index contributed by atoms with van der Waals surface area (Å²) < 4.78 is 15.5. The number of carbonyl (C=O) groups excluding carboxylic acids is 1. The van der Waals surface area contributed by atoms with E-state index in [4.69, 9.17) is 19.9 Å². The summed E-state index contributed by atoms with van der Waals surface area (Å²) in [6, 6.07) is 4.95. The van der Waals surface area contributed by atoms with Gasteiger partial charge in [0.25, 0.3) is 0 Å². The fourth-order valence-corrected chi connectivity index (χ4v) is 1.98. The van der Waals surface area contributed by atoms with Gasteiger partial charge in [-0.1, -0.05) is 12.1 Å². The van der Waals surface area contributed by atoms with Crippen molar-refractivity contribution in [3.8, 4) is 11.5 Å². The van der Waals surface area contributed by atoms with Crippen molar-refractivity contribution in [2.75, 3.05) is 13.9 Å². The van der Waals surface area contributed by atoms with Gasteiger partial charge in [-0.05, 0) is 19.9 Å². The first kappa shape index (κ1) is 15.6. The number of carbonyl (C=O) groups is 1. The van der Waals surface area contributed by atoms with E-state index in [1.54, 1.807) is 13.8 Å². The van der Waals surface area contributed by atoms with Crippen molar-refractivity contribution in [2.24, 2.45) is 11.1 Å². The zero-order valence-electron chi connectivity index (χ0n) is 11.1. The van der Waals surface area contributed by atoms with Crippen molar-refractivity contribution in [3.63, 3.8) is 0 Å². The predicted octanol–water partition coefficient (Wildman–Crippen LogP) is 2.04. The highest BCUT2D eigenvalue weighted by atomic mass is 35.5. The van der Waals surface area contributed by atoms with E-state index in [0.717, 1.165) is 5.56 Å². The summed E-state index contributed by atoms with van der Waals surface area (Å²) in [5.41, 5.74) is 6.10. The topological polar surface area (TPSA) is 70.8 Å². The molecule has 6 heteroatoms. The lowest BCUT2D eigenvalue weighted by molar-refractivity contribution is -0.152. The minimum Gasteiger partial charge on any atom is -0.469 e. The van der Waals surface area contributed by atoms with E-state index in [2.05, 4.69) is 0 Å². The highest BCUT2D eigenvalue weighted by Crippen LogP contribution is 2.43. The number of fused-ring (bicyclic) bond motifs is 1. The van der Waals surface area contributed by atoms with Crippen molar-refractivity contribution in [1.29, 1.82) is 0 Å². The third kappa shape index (κ3) is 2.62. The number of hydrogen-bond acceptors (Lipinski definition) is 5. The molecule has 0 aliphatic carbocycles. The number of esters is 1. The Balaban J connectivity index is 0.00000180. The second kappa shape index (κ2) is 5.67. The summed E-state index contributed by atoms with van der Waals surface area (Å²) in [6.07, 6.45) is 0. The predicted molar refractivity (Wildman–Crippen MR) is 72.5 cm³/mol. The van der Waals surface area contributed by atoms with Crippen molar-refractivity contribution in [3.05, 3.63) is 23.8 Å². The number of nitrogens with two attached hydrogens (primary N) is 1. The minimum atomic E-state index is -0.837. The Hall–Kier alpha value is -1.46. The average molecular weight is 288 g/mol. The van der Waals surface area contributed by atoms with Gasteiger partial charge in [-0.2, -0.15) is 0 Å². The third-order valence-electron chi connectivity index (χ3n) is 3.25. The van der Waals surface area contributed by atoms with Gasteiger partial charge >= 0.3 is 5.97 Å². The largest absolute Gasteiger partial charge is 0.469 e. The Morgan fingerprint density at radius 2 is 2.11 bits per heavy atom. The average Bonchev–Trinajstić information content (AvgIpc) is 2.84. The molecule has 2 rings (SSSR count). The summed E-state index contributed by atoms with van der Waals surface area (Å²) in [5.74, 6) is 0.914. The molecule has 106 valence electrons. The number of para-hydroxylation sites is 1. The summed E-state index contributed by atoms with van der Waals surface area (Å²) in [6.45, 7) is 3.68. The minimum absolute atomic E-state index is 0. The van der Waals surface area contributed by atoms with Gasteiger partial charge in [-0.15, -0.1) is 12.4 Å². The van der Waals surface area contributed by atoms with Crippen LogP contribution in [0, 0.1) is 5.41 Å². The van der Waals surface area contributed by atoms with Crippen LogP contribution in [0.15, 0.2) is 18.2 Å². The highest BCUT2D eigenvalue weighted by molar-refractivity contribution is 5.85. The van der Waals surface area contributed by atoms with Crippen LogP contribution in [-0.4, -0.2) is 19.9 Å². The van der Waals surface area contributed by atoms with E-state index in [9.17, 15) is 4.79 Å². The Labute approximate surface area is 118 Å². The first-order valence-corrected chi connectivity index (χ1v) is 5.71. The number of halogens is 1. The molecule has 0 fully saturated rings. The van der Waals surface area contributed by atoms with Gasteiger partial charge < -0.3 is 19.9 Å². The molecule has 5 nitrogen and oxygen atoms in total. The first-order valence-electron chi connectivity index (χ1n) is 5.71. The molecule has 2 N–H and O–H groups in total. The monoisotopic (exact) mass is 287 g/mol. The lowest BCUT2D eigenvalue weighted by Crippen LogP contribution is -2.37. The van der Waals surface area contributed by atoms with Crippen LogP contribution < -0.4 is 15.2 Å². The van der Waals surface area contributed by atoms with Crippen LogP contribution in [0.2, 0.25) is 0 Å². The number of ether oxygens (including phenoxy) is 3. The van der Waals surface area contributed by atoms with Crippen LogP contribution in [0.1, 0.15) is 25.5 Å². The second-order valence-electron chi connectivity index (χ2n) is 4.77. The van der Waals surface area contributed by atoms with E-state index in [0.29, 0.717) is 11.5 Å². The van der Waals surface area contributed by atoms with Gasteiger partial charge in [-0.25, -0.2) is 0 Å². The molecule has 0 unspecified atom stereocenters. The quantitative estimate of drug-likeness (QED) is 0.862. The molecule has 0 aromatic heterocycles. The van der Waals surface area contributed by atoms with Gasteiger partial charge in [-0.3, -0.25) is 4.79 Å². The number of hydrogen-bond donors (Lipinski definition) is 1. The smallest absolute Gasteiger partial charge is 0.313 e. The molecule has 0 spiro atoms. The van der Waals surface area contributed by atoms with Crippen LogP contribution in [-0.2, 0) is 9.53 Å². The molecule has 0 saturated heterocycles. The fourth-order valence-electron chi connectivity index (χ4n) is 1.98. The zero-order valence-corrected chi connectivity index (χ0v) is 12.0. The summed E-state index contributed by atoms with van der Waals surface area (Å²) in [7, 11) is 1.35. The van der Waals surface area contributed by atoms with Gasteiger partial charge in [0.15, 0.2) is 11.5 Å². The molecule has 1 aliphatic rings. The fraction of sp³-hybridized carbons (Fsp3) is 0.462. The number of methoxy groups -OCH3 is 1. The zero-order chi connectivity index (χ0) is 13.3. The van der Waals surface area contributed by atoms with Crippen molar-refractivity contribution < 1.29 is 19.0 Å². The van der Waals surface area contributed by atoms with E-state index in [1.165, 1.54) is 7.11 Å². The molecule has 1 aliphatic heterocycles. The van der Waals surface area contributed by atoms with Gasteiger partial charge in [0.05, 0.1) is 12.5 Å². The molecule has 0 saturated carbocycles. The summed E-state index contributed by atoms with van der Waals surface area (Å²) in [5, 5.41) is 0. The van der Waals surface area contributed by atoms with Crippen molar-refractivity contribution in [1.82, 2.24) is 0 Å². The number of benzene rings is 1. The normalized spacial score (nSPS) is 14.5. The maximum absolute atomic E-state index is 11.8. The first-order chi connectivity index (χ1) is 8.48. The van der Waals surface area contributed by atoms with Gasteiger partial charge in [0.2, 0.25) is 6.79 Å². The van der Waals surface area contributed by atoms with Crippen LogP contribution in [0.5, 0.6) is 11.5 Å². The SMILES string of the molecule is COC(=O)C(C)(C)[C@@H](N)c1cccc2c1OCO2.Cl. The van der Waals surface area contributed by atoms with E-state index >= 15 is 0 Å². The standard InChI is InChI=1S/C13H17NO4.ClH/c1-13(2,12(15)16-3)11(14)8-5-4-6-9-10(8)18-7-17-9;/h4-6,11H,7,14H2,1-3H3;1H/t11-;/m0./s1. The molecule has 19 heavy (non-hydrogen) atoms. The maximum Gasteiger partial charge on any atom is 0.313 e. The van der Waals surface area contributed by atoms with Crippen LogP contribution in [0.3, 0.4) is 0 Å². The third-order valence-corrected chi connectivity index (χ3v) is 3.25. The molecule has 1 heterocycles. The molecule has 1 aromatic carbocycles. The molecular weight excluding hydrogens is 270 g/mol. The molecule has 1 atom stereocenters. The Bertz CT molecular complexity index is 476. The van der Waals surface area contributed by atoms with Crippen molar-refractivity contribution in [2.45, 2.75) is 19.9 Å². The lowest BCUT2D eigenvalue weighted by atomic mass is 9.80. The van der Waals surface area contributed by atoms with Gasteiger partial charge in [0, 0.05) is 11.6 Å². The second-order valence-corrected chi connectivity index (χ2v) is 4.77. The van der Waals surface area contributed by atoms with Gasteiger partial charge in [0.1, 0.15) is 0 Å². The molecule has 0 radical (unpaired) electrons. The Morgan fingerprint density at radius 3 is 2.74 bits per heavy atom. The summed E-state index contributed by atoms with van der Waals surface area (Å²) in [4.78, 5) is 11.8. The molecule has 0 amide bonds. The highest BCUT2D eigenvalue weighted by Gasteiger charge is 2.39. The Kier molecular flexibility index (Phi) is 4.66. The summed E-state index contributed by atoms with van der Waals surface area (Å²) >= 11 is 0. The number of rotatable bonds is 3. The van der Waals surface area contributed by atoms with Crippen molar-refractivity contribution >= 4 is 18.4 Å². The van der Waals surface area contributed by atoms with E-state index < -0.39 is 11.5 Å². The maximum atomic E-state index is 11.8. The Morgan fingerprint density at radius 1 is 1.42 bits per heavy atom. The van der Waals surface area contributed by atoms with Crippen LogP contribution >= 0.6 is 12.4 Å².